The Hall–Kier alpha value is -2.04. The molecule has 136 valence electrons. The van der Waals surface area contributed by atoms with E-state index in [-0.39, 0.29) is 26.4 Å². The van der Waals surface area contributed by atoms with Crippen molar-refractivity contribution >= 4 is 33.6 Å². The van der Waals surface area contributed by atoms with Crippen molar-refractivity contribution in [2.24, 2.45) is 0 Å². The van der Waals surface area contributed by atoms with E-state index in [1.54, 1.807) is 28.7 Å². The lowest BCUT2D eigenvalue weighted by Crippen LogP contribution is -2.12. The lowest BCUT2D eigenvalue weighted by Gasteiger charge is -2.14. The summed E-state index contributed by atoms with van der Waals surface area (Å²) in [6.45, 7) is 0. The number of hydrogen-bond donors (Lipinski definition) is 0. The van der Waals surface area contributed by atoms with Crippen LogP contribution >= 0.6 is 22.6 Å². The van der Waals surface area contributed by atoms with Crippen LogP contribution in [0.2, 0.25) is 0 Å². The predicted octanol–water partition coefficient (Wildman–Crippen LogP) is 6.10. The summed E-state index contributed by atoms with van der Waals surface area (Å²) in [6, 6.07) is 7.07. The zero-order valence-corrected chi connectivity index (χ0v) is 14.7. The van der Waals surface area contributed by atoms with E-state index in [1.165, 1.54) is 18.2 Å². The molecule has 0 saturated heterocycles. The predicted molar refractivity (Wildman–Crippen MR) is 90.6 cm³/mol. The molecular weight excluding hydrogens is 477 g/mol. The Morgan fingerprint density at radius 1 is 0.846 bits per heavy atom. The molecule has 0 spiro atoms. The number of para-hydroxylation sites is 1. The van der Waals surface area contributed by atoms with Gasteiger partial charge in [0.25, 0.3) is 0 Å². The summed E-state index contributed by atoms with van der Waals surface area (Å²) >= 11 is 1.55. The van der Waals surface area contributed by atoms with Gasteiger partial charge >= 0.3 is 12.4 Å². The summed E-state index contributed by atoms with van der Waals surface area (Å²) < 4.78 is 83.5. The van der Waals surface area contributed by atoms with Gasteiger partial charge in [-0.05, 0) is 52.9 Å². The van der Waals surface area contributed by atoms with Gasteiger partial charge in [-0.2, -0.15) is 26.3 Å². The maximum Gasteiger partial charge on any atom is 0.416 e. The third-order valence-electron chi connectivity index (χ3n) is 3.59. The molecule has 0 fully saturated rings. The van der Waals surface area contributed by atoms with Gasteiger partial charge in [0.1, 0.15) is 9.15 Å². The first-order valence-corrected chi connectivity index (χ1v) is 8.07. The minimum Gasteiger partial charge on any atom is -0.455 e. The molecule has 0 saturated carbocycles. The maximum atomic E-state index is 13.0. The summed E-state index contributed by atoms with van der Waals surface area (Å²) in [6.07, 6.45) is -9.98. The molecule has 0 amide bonds. The Morgan fingerprint density at radius 3 is 1.92 bits per heavy atom. The summed E-state index contributed by atoms with van der Waals surface area (Å²) in [5.74, 6) is -0.342. The standard InChI is InChI=1S/C17H7F6IO2/c18-16(19,20)9-5-8(6-10(7-9)17(21,22)23)15-13(24)14(25)11-3-1-2-4-12(11)26-15/h1-7H. The number of rotatable bonds is 1. The first-order valence-electron chi connectivity index (χ1n) is 6.99. The summed E-state index contributed by atoms with van der Waals surface area (Å²) in [5.41, 5.74) is -3.89. The van der Waals surface area contributed by atoms with Crippen LogP contribution in [-0.4, -0.2) is 0 Å². The monoisotopic (exact) mass is 484 g/mol. The van der Waals surface area contributed by atoms with Gasteiger partial charge in [0.2, 0.25) is 5.43 Å². The fourth-order valence-electron chi connectivity index (χ4n) is 2.39. The van der Waals surface area contributed by atoms with Crippen LogP contribution in [0.3, 0.4) is 0 Å². The molecule has 0 aliphatic rings. The number of hydrogen-bond acceptors (Lipinski definition) is 2. The first kappa shape index (κ1) is 18.7. The van der Waals surface area contributed by atoms with Gasteiger partial charge in [-0.1, -0.05) is 12.1 Å². The van der Waals surface area contributed by atoms with Crippen LogP contribution in [0.15, 0.2) is 51.7 Å². The molecular formula is C17H7F6IO2. The van der Waals surface area contributed by atoms with E-state index in [4.69, 9.17) is 4.42 Å². The van der Waals surface area contributed by atoms with Gasteiger partial charge < -0.3 is 4.42 Å². The Labute approximate surface area is 155 Å². The largest absolute Gasteiger partial charge is 0.455 e. The molecule has 2 nitrogen and oxygen atoms in total. The van der Waals surface area contributed by atoms with Crippen molar-refractivity contribution in [2.75, 3.05) is 0 Å². The molecule has 0 radical (unpaired) electrons. The average Bonchev–Trinajstić information content (AvgIpc) is 2.56. The van der Waals surface area contributed by atoms with Crippen LogP contribution in [0.5, 0.6) is 0 Å². The highest BCUT2D eigenvalue weighted by Crippen LogP contribution is 2.39. The van der Waals surface area contributed by atoms with Crippen molar-refractivity contribution in [1.82, 2.24) is 0 Å². The molecule has 1 heterocycles. The van der Waals surface area contributed by atoms with Crippen molar-refractivity contribution in [3.8, 4) is 11.3 Å². The van der Waals surface area contributed by atoms with Crippen LogP contribution in [0.1, 0.15) is 11.1 Å². The molecule has 0 atom stereocenters. The van der Waals surface area contributed by atoms with E-state index >= 15 is 0 Å². The third-order valence-corrected chi connectivity index (χ3v) is 4.57. The average molecular weight is 484 g/mol. The van der Waals surface area contributed by atoms with Crippen molar-refractivity contribution in [3.63, 3.8) is 0 Å². The van der Waals surface area contributed by atoms with Crippen molar-refractivity contribution in [2.45, 2.75) is 12.4 Å². The summed E-state index contributed by atoms with van der Waals surface area (Å²) in [7, 11) is 0. The Kier molecular flexibility index (Phi) is 4.53. The minimum atomic E-state index is -4.99. The summed E-state index contributed by atoms with van der Waals surface area (Å²) in [4.78, 5) is 12.4. The van der Waals surface area contributed by atoms with E-state index in [9.17, 15) is 31.1 Å². The van der Waals surface area contributed by atoms with E-state index in [0.29, 0.717) is 12.1 Å². The quantitative estimate of drug-likeness (QED) is 0.309. The van der Waals surface area contributed by atoms with E-state index in [0.717, 1.165) is 0 Å². The molecule has 0 unspecified atom stereocenters. The molecule has 3 rings (SSSR count). The van der Waals surface area contributed by atoms with Gasteiger partial charge in [0.05, 0.1) is 16.5 Å². The highest BCUT2D eigenvalue weighted by molar-refractivity contribution is 14.1. The number of fused-ring (bicyclic) bond motifs is 1. The Balaban J connectivity index is 2.35. The number of halogens is 7. The molecule has 26 heavy (non-hydrogen) atoms. The molecule has 0 aliphatic heterocycles. The second-order valence-electron chi connectivity index (χ2n) is 5.37. The van der Waals surface area contributed by atoms with E-state index < -0.39 is 34.5 Å². The van der Waals surface area contributed by atoms with Crippen LogP contribution in [0.4, 0.5) is 26.3 Å². The van der Waals surface area contributed by atoms with Crippen LogP contribution in [-0.2, 0) is 12.4 Å². The lowest BCUT2D eigenvalue weighted by molar-refractivity contribution is -0.143. The van der Waals surface area contributed by atoms with Crippen molar-refractivity contribution < 1.29 is 30.8 Å². The molecule has 2 aromatic carbocycles. The maximum absolute atomic E-state index is 13.0. The van der Waals surface area contributed by atoms with Crippen molar-refractivity contribution in [3.05, 3.63) is 67.4 Å². The molecule has 3 aromatic rings. The fourth-order valence-corrected chi connectivity index (χ4v) is 3.10. The van der Waals surface area contributed by atoms with Crippen molar-refractivity contribution in [1.29, 1.82) is 0 Å². The SMILES string of the molecule is O=c1c(I)c(-c2cc(C(F)(F)F)cc(C(F)(F)F)c2)oc2ccccc12. The second kappa shape index (κ2) is 6.29. The summed E-state index contributed by atoms with van der Waals surface area (Å²) in [5, 5.41) is 0.184. The number of alkyl halides is 6. The first-order chi connectivity index (χ1) is 12.0. The minimum absolute atomic E-state index is 0.0233. The Morgan fingerprint density at radius 2 is 1.38 bits per heavy atom. The van der Waals surface area contributed by atoms with Gasteiger partial charge in [-0.3, -0.25) is 4.79 Å². The van der Waals surface area contributed by atoms with E-state index in [1.807, 2.05) is 0 Å². The van der Waals surface area contributed by atoms with E-state index in [2.05, 4.69) is 0 Å². The highest BCUT2D eigenvalue weighted by Gasteiger charge is 2.37. The molecule has 1 aromatic heterocycles. The molecule has 0 N–H and O–H groups in total. The topological polar surface area (TPSA) is 30.2 Å². The number of benzene rings is 2. The lowest BCUT2D eigenvalue weighted by atomic mass is 10.0. The zero-order chi connectivity index (χ0) is 19.3. The van der Waals surface area contributed by atoms with Crippen LogP contribution in [0, 0.1) is 3.57 Å². The molecule has 0 aliphatic carbocycles. The smallest absolute Gasteiger partial charge is 0.416 e. The van der Waals surface area contributed by atoms with Gasteiger partial charge in [0, 0.05) is 5.56 Å². The van der Waals surface area contributed by atoms with Crippen LogP contribution < -0.4 is 5.43 Å². The second-order valence-corrected chi connectivity index (χ2v) is 6.44. The molecule has 0 bridgehead atoms. The highest BCUT2D eigenvalue weighted by atomic mass is 127. The zero-order valence-electron chi connectivity index (χ0n) is 12.5. The third kappa shape index (κ3) is 3.44. The van der Waals surface area contributed by atoms with Gasteiger partial charge in [-0.25, -0.2) is 0 Å². The Bertz CT molecular complexity index is 1020. The van der Waals surface area contributed by atoms with Gasteiger partial charge in [0.15, 0.2) is 5.76 Å². The normalized spacial score (nSPS) is 12.6. The van der Waals surface area contributed by atoms with Gasteiger partial charge in [-0.15, -0.1) is 0 Å². The molecule has 9 heteroatoms. The fraction of sp³-hybridized carbons (Fsp3) is 0.118. The van der Waals surface area contributed by atoms with Crippen LogP contribution in [0.25, 0.3) is 22.3 Å².